The third-order valence-electron chi connectivity index (χ3n) is 1.62. The first kappa shape index (κ1) is 10.3. The fraction of sp³-hybridized carbons (Fsp3) is 0.875. The van der Waals surface area contributed by atoms with Crippen molar-refractivity contribution in [2.24, 2.45) is 5.92 Å². The summed E-state index contributed by atoms with van der Waals surface area (Å²) < 4.78 is 0. The van der Waals surface area contributed by atoms with Crippen molar-refractivity contribution < 1.29 is 4.79 Å². The van der Waals surface area contributed by atoms with Crippen LogP contribution in [0, 0.1) is 5.92 Å². The Hall–Kier alpha value is -0.730. The first-order chi connectivity index (χ1) is 5.20. The molecule has 0 spiro atoms. The maximum atomic E-state index is 10.7. The van der Waals surface area contributed by atoms with Crippen LogP contribution < -0.4 is 10.6 Å². The number of carbonyl (C=O) groups is 1. The van der Waals surface area contributed by atoms with Gasteiger partial charge in [-0.3, -0.25) is 0 Å². The van der Waals surface area contributed by atoms with Crippen LogP contribution in [-0.2, 0) is 0 Å². The van der Waals surface area contributed by atoms with E-state index in [1.807, 2.05) is 0 Å². The van der Waals surface area contributed by atoms with Crippen LogP contribution in [0.3, 0.4) is 0 Å². The van der Waals surface area contributed by atoms with Gasteiger partial charge in [0.05, 0.1) is 0 Å². The molecule has 2 N–H and O–H groups in total. The van der Waals surface area contributed by atoms with E-state index >= 15 is 0 Å². The Morgan fingerprint density at radius 1 is 1.55 bits per heavy atom. The Balaban J connectivity index is 3.29. The first-order valence-corrected chi connectivity index (χ1v) is 4.16. The number of hydrogen-bond acceptors (Lipinski definition) is 1. The number of nitrogens with one attached hydrogen (secondary N) is 2. The molecule has 0 fully saturated rings. The van der Waals surface area contributed by atoms with E-state index in [0.717, 1.165) is 6.54 Å². The van der Waals surface area contributed by atoms with Crippen LogP contribution in [0.25, 0.3) is 0 Å². The van der Waals surface area contributed by atoms with Crippen molar-refractivity contribution in [3.8, 4) is 0 Å². The zero-order valence-electron chi connectivity index (χ0n) is 7.61. The Morgan fingerprint density at radius 3 is 2.64 bits per heavy atom. The monoisotopic (exact) mass is 158 g/mol. The molecule has 3 heteroatoms. The number of urea groups is 1. The molecule has 0 rings (SSSR count). The van der Waals surface area contributed by atoms with Crippen LogP contribution in [-0.4, -0.2) is 19.6 Å². The van der Waals surface area contributed by atoms with Gasteiger partial charge < -0.3 is 10.6 Å². The normalized spacial score (nSPS) is 12.3. The third kappa shape index (κ3) is 5.70. The van der Waals surface area contributed by atoms with Crippen molar-refractivity contribution in [1.82, 2.24) is 10.6 Å². The van der Waals surface area contributed by atoms with Gasteiger partial charge in [-0.15, -0.1) is 0 Å². The van der Waals surface area contributed by atoms with Crippen molar-refractivity contribution in [3.05, 3.63) is 0 Å². The summed E-state index contributed by atoms with van der Waals surface area (Å²) in [6, 6.07) is -0.0899. The highest BCUT2D eigenvalue weighted by Crippen LogP contribution is 2.01. The SMILES string of the molecule is CCCC(C)CNC(=O)NC. The summed E-state index contributed by atoms with van der Waals surface area (Å²) in [6.07, 6.45) is 2.35. The van der Waals surface area contributed by atoms with Gasteiger partial charge in [-0.1, -0.05) is 20.3 Å². The van der Waals surface area contributed by atoms with Crippen LogP contribution in [0.2, 0.25) is 0 Å². The van der Waals surface area contributed by atoms with E-state index in [1.54, 1.807) is 7.05 Å². The molecule has 0 aromatic carbocycles. The average molecular weight is 158 g/mol. The second kappa shape index (κ2) is 6.01. The quantitative estimate of drug-likeness (QED) is 0.637. The first-order valence-electron chi connectivity index (χ1n) is 4.16. The molecule has 0 heterocycles. The Labute approximate surface area is 68.6 Å². The van der Waals surface area contributed by atoms with Gasteiger partial charge in [-0.25, -0.2) is 4.79 Å². The molecule has 11 heavy (non-hydrogen) atoms. The highest BCUT2D eigenvalue weighted by molar-refractivity contribution is 5.73. The summed E-state index contributed by atoms with van der Waals surface area (Å²) in [5, 5.41) is 5.28. The van der Waals surface area contributed by atoms with Crippen LogP contribution in [0.5, 0.6) is 0 Å². The zero-order chi connectivity index (χ0) is 8.69. The second-order valence-electron chi connectivity index (χ2n) is 2.85. The molecule has 0 saturated heterocycles. The fourth-order valence-electron chi connectivity index (χ4n) is 0.950. The summed E-state index contributed by atoms with van der Waals surface area (Å²) in [6.45, 7) is 5.06. The number of carbonyl (C=O) groups excluding carboxylic acids is 1. The molecule has 0 radical (unpaired) electrons. The van der Waals surface area contributed by atoms with E-state index < -0.39 is 0 Å². The zero-order valence-corrected chi connectivity index (χ0v) is 7.61. The number of rotatable bonds is 4. The molecule has 0 aliphatic carbocycles. The summed E-state index contributed by atoms with van der Waals surface area (Å²) in [5.74, 6) is 0.581. The summed E-state index contributed by atoms with van der Waals surface area (Å²) in [7, 11) is 1.62. The summed E-state index contributed by atoms with van der Waals surface area (Å²) >= 11 is 0. The molecule has 0 bridgehead atoms. The molecule has 2 amide bonds. The van der Waals surface area contributed by atoms with E-state index in [0.29, 0.717) is 5.92 Å². The van der Waals surface area contributed by atoms with Crippen molar-refractivity contribution >= 4 is 6.03 Å². The molecule has 3 nitrogen and oxygen atoms in total. The molecule has 66 valence electrons. The maximum absolute atomic E-state index is 10.7. The van der Waals surface area contributed by atoms with Gasteiger partial charge >= 0.3 is 6.03 Å². The van der Waals surface area contributed by atoms with Crippen molar-refractivity contribution in [1.29, 1.82) is 0 Å². The van der Waals surface area contributed by atoms with Crippen molar-refractivity contribution in [2.75, 3.05) is 13.6 Å². The molecule has 1 atom stereocenters. The predicted octanol–water partition coefficient (Wildman–Crippen LogP) is 1.35. The summed E-state index contributed by atoms with van der Waals surface area (Å²) in [4.78, 5) is 10.7. The molecule has 0 aliphatic heterocycles. The molecular formula is C8H18N2O. The predicted molar refractivity (Wildman–Crippen MR) is 46.5 cm³/mol. The van der Waals surface area contributed by atoms with Crippen LogP contribution in [0.15, 0.2) is 0 Å². The minimum atomic E-state index is -0.0899. The Kier molecular flexibility index (Phi) is 5.61. The number of hydrogen-bond donors (Lipinski definition) is 2. The van der Waals surface area contributed by atoms with Crippen molar-refractivity contribution in [2.45, 2.75) is 26.7 Å². The van der Waals surface area contributed by atoms with Gasteiger partial charge in [0.15, 0.2) is 0 Å². The van der Waals surface area contributed by atoms with Crippen LogP contribution >= 0.6 is 0 Å². The lowest BCUT2D eigenvalue weighted by Crippen LogP contribution is -2.35. The highest BCUT2D eigenvalue weighted by atomic mass is 16.2. The topological polar surface area (TPSA) is 41.1 Å². The molecule has 1 unspecified atom stereocenters. The lowest BCUT2D eigenvalue weighted by atomic mass is 10.1. The van der Waals surface area contributed by atoms with Crippen molar-refractivity contribution in [3.63, 3.8) is 0 Å². The second-order valence-corrected chi connectivity index (χ2v) is 2.85. The van der Waals surface area contributed by atoms with E-state index in [1.165, 1.54) is 12.8 Å². The lowest BCUT2D eigenvalue weighted by Gasteiger charge is -2.10. The van der Waals surface area contributed by atoms with Gasteiger partial charge in [0.1, 0.15) is 0 Å². The number of amides is 2. The van der Waals surface area contributed by atoms with Gasteiger partial charge in [-0.2, -0.15) is 0 Å². The van der Waals surface area contributed by atoms with E-state index in [4.69, 9.17) is 0 Å². The van der Waals surface area contributed by atoms with E-state index in [2.05, 4.69) is 24.5 Å². The van der Waals surface area contributed by atoms with Crippen LogP contribution in [0.1, 0.15) is 26.7 Å². The largest absolute Gasteiger partial charge is 0.341 e. The Bertz CT molecular complexity index is 115. The maximum Gasteiger partial charge on any atom is 0.314 e. The minimum Gasteiger partial charge on any atom is -0.341 e. The minimum absolute atomic E-state index is 0.0899. The fourth-order valence-corrected chi connectivity index (χ4v) is 0.950. The van der Waals surface area contributed by atoms with E-state index in [9.17, 15) is 4.79 Å². The van der Waals surface area contributed by atoms with E-state index in [-0.39, 0.29) is 6.03 Å². The highest BCUT2D eigenvalue weighted by Gasteiger charge is 2.01. The molecule has 0 aromatic heterocycles. The molecular weight excluding hydrogens is 140 g/mol. The standard InChI is InChI=1S/C8H18N2O/c1-4-5-7(2)6-10-8(11)9-3/h7H,4-6H2,1-3H3,(H2,9,10,11). The van der Waals surface area contributed by atoms with Crippen LogP contribution in [0.4, 0.5) is 4.79 Å². The smallest absolute Gasteiger partial charge is 0.314 e. The lowest BCUT2D eigenvalue weighted by molar-refractivity contribution is 0.241. The van der Waals surface area contributed by atoms with Gasteiger partial charge in [-0.05, 0) is 12.3 Å². The summed E-state index contributed by atoms with van der Waals surface area (Å²) in [5.41, 5.74) is 0. The van der Waals surface area contributed by atoms with Gasteiger partial charge in [0.2, 0.25) is 0 Å². The third-order valence-corrected chi connectivity index (χ3v) is 1.62. The van der Waals surface area contributed by atoms with Gasteiger partial charge in [0.25, 0.3) is 0 Å². The van der Waals surface area contributed by atoms with Gasteiger partial charge in [0, 0.05) is 13.6 Å². The molecule has 0 aliphatic rings. The molecule has 0 saturated carbocycles. The average Bonchev–Trinajstić information content (AvgIpc) is 2.01. The molecule has 0 aromatic rings. The Morgan fingerprint density at radius 2 is 2.18 bits per heavy atom.